The van der Waals surface area contributed by atoms with Crippen molar-refractivity contribution < 1.29 is 0 Å². The Morgan fingerprint density at radius 2 is 1.86 bits per heavy atom. The SMILES string of the molecule is CC[C@H](C)[C@H](N)CNc1ccc2cc(C3CC3)ccc2c1. The predicted octanol–water partition coefficient (Wildman–Crippen LogP) is 4.50. The Balaban J connectivity index is 1.70. The van der Waals surface area contributed by atoms with E-state index in [1.807, 2.05) is 0 Å². The highest BCUT2D eigenvalue weighted by Gasteiger charge is 2.23. The van der Waals surface area contributed by atoms with Crippen molar-refractivity contribution in [2.75, 3.05) is 11.9 Å². The molecule has 3 N–H and O–H groups in total. The fourth-order valence-corrected chi connectivity index (χ4v) is 2.78. The molecule has 2 nitrogen and oxygen atoms in total. The van der Waals surface area contributed by atoms with Crippen LogP contribution in [0.2, 0.25) is 0 Å². The zero-order valence-corrected chi connectivity index (χ0v) is 13.1. The van der Waals surface area contributed by atoms with Crippen molar-refractivity contribution in [1.82, 2.24) is 0 Å². The Morgan fingerprint density at radius 1 is 1.14 bits per heavy atom. The zero-order valence-electron chi connectivity index (χ0n) is 13.1. The van der Waals surface area contributed by atoms with Crippen LogP contribution >= 0.6 is 0 Å². The number of hydrogen-bond acceptors (Lipinski definition) is 2. The topological polar surface area (TPSA) is 38.0 Å². The van der Waals surface area contributed by atoms with E-state index in [1.54, 1.807) is 0 Å². The molecule has 2 atom stereocenters. The maximum absolute atomic E-state index is 6.19. The molecule has 0 heterocycles. The van der Waals surface area contributed by atoms with Gasteiger partial charge < -0.3 is 11.1 Å². The van der Waals surface area contributed by atoms with Crippen molar-refractivity contribution in [3.63, 3.8) is 0 Å². The smallest absolute Gasteiger partial charge is 0.0347 e. The minimum atomic E-state index is 0.211. The molecule has 0 bridgehead atoms. The lowest BCUT2D eigenvalue weighted by molar-refractivity contribution is 0.457. The maximum atomic E-state index is 6.19. The van der Waals surface area contributed by atoms with Crippen LogP contribution in [0.15, 0.2) is 36.4 Å². The van der Waals surface area contributed by atoms with Gasteiger partial charge in [-0.05, 0) is 53.1 Å². The van der Waals surface area contributed by atoms with Crippen molar-refractivity contribution in [2.45, 2.75) is 45.1 Å². The van der Waals surface area contributed by atoms with Gasteiger partial charge in [-0.2, -0.15) is 0 Å². The molecule has 2 aromatic carbocycles. The van der Waals surface area contributed by atoms with Gasteiger partial charge in [-0.15, -0.1) is 0 Å². The highest BCUT2D eigenvalue weighted by molar-refractivity contribution is 5.86. The van der Waals surface area contributed by atoms with E-state index in [4.69, 9.17) is 5.73 Å². The van der Waals surface area contributed by atoms with Gasteiger partial charge in [0.15, 0.2) is 0 Å². The van der Waals surface area contributed by atoms with Gasteiger partial charge in [-0.3, -0.25) is 0 Å². The Labute approximate surface area is 127 Å². The molecule has 0 spiro atoms. The Morgan fingerprint density at radius 3 is 2.57 bits per heavy atom. The summed E-state index contributed by atoms with van der Waals surface area (Å²) < 4.78 is 0. The molecule has 21 heavy (non-hydrogen) atoms. The zero-order chi connectivity index (χ0) is 14.8. The molecule has 0 aliphatic heterocycles. The number of nitrogens with two attached hydrogens (primary N) is 1. The largest absolute Gasteiger partial charge is 0.383 e. The standard InChI is InChI=1S/C19H26N2/c1-3-13(2)19(20)12-21-18-9-8-16-10-15(14-4-5-14)6-7-17(16)11-18/h6-11,13-14,19,21H,3-5,12,20H2,1-2H3/t13-,19+/m0/s1. The van der Waals surface area contributed by atoms with Gasteiger partial charge >= 0.3 is 0 Å². The second-order valence-corrected chi connectivity index (χ2v) is 6.53. The van der Waals surface area contributed by atoms with Gasteiger partial charge in [0.25, 0.3) is 0 Å². The number of benzene rings is 2. The Kier molecular flexibility index (Phi) is 4.16. The van der Waals surface area contributed by atoms with Crippen LogP contribution in [0.5, 0.6) is 0 Å². The molecule has 1 aliphatic rings. The van der Waals surface area contributed by atoms with Gasteiger partial charge in [-0.25, -0.2) is 0 Å². The molecule has 2 aromatic rings. The Bertz CT molecular complexity index is 616. The lowest BCUT2D eigenvalue weighted by Crippen LogP contribution is -2.35. The van der Waals surface area contributed by atoms with Crippen molar-refractivity contribution >= 4 is 16.5 Å². The third-order valence-corrected chi connectivity index (χ3v) is 4.83. The van der Waals surface area contributed by atoms with E-state index < -0.39 is 0 Å². The first-order valence-corrected chi connectivity index (χ1v) is 8.20. The van der Waals surface area contributed by atoms with Crippen LogP contribution in [0.1, 0.15) is 44.6 Å². The van der Waals surface area contributed by atoms with E-state index in [0.717, 1.165) is 18.9 Å². The number of fused-ring (bicyclic) bond motifs is 1. The first-order valence-electron chi connectivity index (χ1n) is 8.20. The van der Waals surface area contributed by atoms with Crippen LogP contribution in [0, 0.1) is 5.92 Å². The predicted molar refractivity (Wildman–Crippen MR) is 91.8 cm³/mol. The van der Waals surface area contributed by atoms with E-state index >= 15 is 0 Å². The third-order valence-electron chi connectivity index (χ3n) is 4.83. The first kappa shape index (κ1) is 14.4. The normalized spacial score (nSPS) is 17.7. The van der Waals surface area contributed by atoms with Gasteiger partial charge in [0.05, 0.1) is 0 Å². The van der Waals surface area contributed by atoms with E-state index in [1.165, 1.54) is 34.9 Å². The van der Waals surface area contributed by atoms with E-state index in [0.29, 0.717) is 5.92 Å². The number of rotatable bonds is 6. The van der Waals surface area contributed by atoms with Crippen molar-refractivity contribution in [3.8, 4) is 0 Å². The molecule has 1 aliphatic carbocycles. The molecule has 0 saturated heterocycles. The van der Waals surface area contributed by atoms with Gasteiger partial charge in [0, 0.05) is 18.3 Å². The van der Waals surface area contributed by atoms with Crippen LogP contribution in [0.4, 0.5) is 5.69 Å². The highest BCUT2D eigenvalue weighted by atomic mass is 14.9. The molecule has 1 fully saturated rings. The quantitative estimate of drug-likeness (QED) is 0.818. The fourth-order valence-electron chi connectivity index (χ4n) is 2.78. The van der Waals surface area contributed by atoms with Gasteiger partial charge in [0.1, 0.15) is 0 Å². The molecule has 3 rings (SSSR count). The molecule has 1 saturated carbocycles. The van der Waals surface area contributed by atoms with Gasteiger partial charge in [0.2, 0.25) is 0 Å². The van der Waals surface area contributed by atoms with Crippen molar-refractivity contribution in [1.29, 1.82) is 0 Å². The van der Waals surface area contributed by atoms with E-state index in [2.05, 4.69) is 55.6 Å². The lowest BCUT2D eigenvalue weighted by Gasteiger charge is -2.19. The molecule has 2 heteroatoms. The monoisotopic (exact) mass is 282 g/mol. The number of nitrogens with one attached hydrogen (secondary N) is 1. The lowest BCUT2D eigenvalue weighted by atomic mass is 10.00. The number of anilines is 1. The summed E-state index contributed by atoms with van der Waals surface area (Å²) in [5.74, 6) is 1.37. The van der Waals surface area contributed by atoms with Crippen LogP contribution < -0.4 is 11.1 Å². The van der Waals surface area contributed by atoms with Crippen molar-refractivity contribution in [2.24, 2.45) is 11.7 Å². The summed E-state index contributed by atoms with van der Waals surface area (Å²) >= 11 is 0. The van der Waals surface area contributed by atoms with E-state index in [9.17, 15) is 0 Å². The first-order chi connectivity index (χ1) is 10.2. The Hall–Kier alpha value is -1.54. The van der Waals surface area contributed by atoms with Crippen LogP contribution in [-0.2, 0) is 0 Å². The summed E-state index contributed by atoms with van der Waals surface area (Å²) in [6.45, 7) is 5.24. The molecule has 0 unspecified atom stereocenters. The molecular formula is C19H26N2. The average molecular weight is 282 g/mol. The summed E-state index contributed by atoms with van der Waals surface area (Å²) in [6.07, 6.45) is 3.85. The summed E-state index contributed by atoms with van der Waals surface area (Å²) in [5.41, 5.74) is 8.85. The number of hydrogen-bond donors (Lipinski definition) is 2. The maximum Gasteiger partial charge on any atom is 0.0347 e. The average Bonchev–Trinajstić information content (AvgIpc) is 3.35. The summed E-state index contributed by atoms with van der Waals surface area (Å²) in [7, 11) is 0. The molecule has 112 valence electrons. The summed E-state index contributed by atoms with van der Waals surface area (Å²) in [5, 5.41) is 6.13. The second-order valence-electron chi connectivity index (χ2n) is 6.53. The summed E-state index contributed by atoms with van der Waals surface area (Å²) in [4.78, 5) is 0. The minimum Gasteiger partial charge on any atom is -0.383 e. The van der Waals surface area contributed by atoms with Gasteiger partial charge in [-0.1, -0.05) is 44.5 Å². The van der Waals surface area contributed by atoms with Crippen molar-refractivity contribution in [3.05, 3.63) is 42.0 Å². The second kappa shape index (κ2) is 6.07. The highest BCUT2D eigenvalue weighted by Crippen LogP contribution is 2.41. The van der Waals surface area contributed by atoms with Crippen LogP contribution in [0.3, 0.4) is 0 Å². The molecule has 0 aromatic heterocycles. The van der Waals surface area contributed by atoms with Crippen LogP contribution in [0.25, 0.3) is 10.8 Å². The fraction of sp³-hybridized carbons (Fsp3) is 0.474. The summed E-state index contributed by atoms with van der Waals surface area (Å²) in [6, 6.07) is 13.7. The molecular weight excluding hydrogens is 256 g/mol. The van der Waals surface area contributed by atoms with E-state index in [-0.39, 0.29) is 6.04 Å². The van der Waals surface area contributed by atoms with Crippen LogP contribution in [-0.4, -0.2) is 12.6 Å². The molecule has 0 radical (unpaired) electrons. The third kappa shape index (κ3) is 3.38. The molecule has 0 amide bonds. The minimum absolute atomic E-state index is 0.211.